The topological polar surface area (TPSA) is 97.8 Å². The molecular formula is C22H21N3O5S2. The number of carbonyl (C=O) groups excluding carboxylic acids is 3. The van der Waals surface area contributed by atoms with E-state index in [0.717, 1.165) is 14.6 Å². The van der Waals surface area contributed by atoms with Crippen molar-refractivity contribution < 1.29 is 23.9 Å². The SMILES string of the molecule is COC(=O)CSc1nc2ccc(NC(=O)c3ccccc3C(=O)N3CCOCC3)cc2s1. The summed E-state index contributed by atoms with van der Waals surface area (Å²) in [6.07, 6.45) is 0. The third-order valence-corrected chi connectivity index (χ3v) is 7.00. The molecule has 32 heavy (non-hydrogen) atoms. The van der Waals surface area contributed by atoms with E-state index in [4.69, 9.17) is 4.74 Å². The van der Waals surface area contributed by atoms with Crippen LogP contribution >= 0.6 is 23.1 Å². The number of rotatable bonds is 6. The predicted octanol–water partition coefficient (Wildman–Crippen LogP) is 3.29. The summed E-state index contributed by atoms with van der Waals surface area (Å²) in [5, 5.41) is 2.88. The summed E-state index contributed by atoms with van der Waals surface area (Å²) in [4.78, 5) is 43.5. The van der Waals surface area contributed by atoms with Gasteiger partial charge in [-0.1, -0.05) is 23.9 Å². The molecule has 1 aliphatic heterocycles. The zero-order valence-corrected chi connectivity index (χ0v) is 19.0. The average molecular weight is 472 g/mol. The van der Waals surface area contributed by atoms with Crippen molar-refractivity contribution in [1.82, 2.24) is 9.88 Å². The van der Waals surface area contributed by atoms with Crippen LogP contribution in [0.4, 0.5) is 5.69 Å². The van der Waals surface area contributed by atoms with Gasteiger partial charge in [-0.3, -0.25) is 14.4 Å². The second kappa shape index (κ2) is 10.1. The lowest BCUT2D eigenvalue weighted by Gasteiger charge is -2.27. The number of hydrogen-bond donors (Lipinski definition) is 1. The van der Waals surface area contributed by atoms with Crippen molar-refractivity contribution in [1.29, 1.82) is 0 Å². The number of morpholine rings is 1. The summed E-state index contributed by atoms with van der Waals surface area (Å²) >= 11 is 2.74. The molecule has 0 unspecified atom stereocenters. The Labute approximate surface area is 192 Å². The van der Waals surface area contributed by atoms with Gasteiger partial charge in [0.25, 0.3) is 11.8 Å². The summed E-state index contributed by atoms with van der Waals surface area (Å²) in [6.45, 7) is 2.00. The highest BCUT2D eigenvalue weighted by atomic mass is 32.2. The molecule has 2 heterocycles. The van der Waals surface area contributed by atoms with Crippen LogP contribution in [-0.4, -0.2) is 66.8 Å². The molecule has 3 aromatic rings. The number of hydrogen-bond acceptors (Lipinski definition) is 8. The maximum Gasteiger partial charge on any atom is 0.316 e. The van der Waals surface area contributed by atoms with E-state index in [1.165, 1.54) is 30.2 Å². The monoisotopic (exact) mass is 471 g/mol. The molecule has 1 aromatic heterocycles. The number of amides is 2. The van der Waals surface area contributed by atoms with E-state index in [9.17, 15) is 14.4 Å². The Morgan fingerprint density at radius 2 is 1.91 bits per heavy atom. The van der Waals surface area contributed by atoms with E-state index in [-0.39, 0.29) is 23.5 Å². The van der Waals surface area contributed by atoms with Crippen LogP contribution in [-0.2, 0) is 14.3 Å². The Morgan fingerprint density at radius 1 is 1.16 bits per heavy atom. The fourth-order valence-corrected chi connectivity index (χ4v) is 5.17. The van der Waals surface area contributed by atoms with Crippen LogP contribution in [0.25, 0.3) is 10.2 Å². The molecule has 8 nitrogen and oxygen atoms in total. The first-order valence-corrected chi connectivity index (χ1v) is 11.7. The van der Waals surface area contributed by atoms with Gasteiger partial charge in [-0.05, 0) is 30.3 Å². The minimum atomic E-state index is -0.355. The van der Waals surface area contributed by atoms with Gasteiger partial charge in [0, 0.05) is 18.8 Å². The Kier molecular flexibility index (Phi) is 7.03. The summed E-state index contributed by atoms with van der Waals surface area (Å²) in [5.74, 6) is -0.656. The summed E-state index contributed by atoms with van der Waals surface area (Å²) in [7, 11) is 1.35. The smallest absolute Gasteiger partial charge is 0.316 e. The van der Waals surface area contributed by atoms with Gasteiger partial charge in [0.15, 0.2) is 4.34 Å². The number of nitrogens with one attached hydrogen (secondary N) is 1. The van der Waals surface area contributed by atoms with E-state index in [1.54, 1.807) is 35.2 Å². The molecule has 2 amide bonds. The Morgan fingerprint density at radius 3 is 2.66 bits per heavy atom. The van der Waals surface area contributed by atoms with Crippen molar-refractivity contribution in [2.24, 2.45) is 0 Å². The van der Waals surface area contributed by atoms with Crippen LogP contribution in [0, 0.1) is 0 Å². The van der Waals surface area contributed by atoms with Crippen LogP contribution in [0.5, 0.6) is 0 Å². The van der Waals surface area contributed by atoms with E-state index in [0.29, 0.717) is 43.1 Å². The first kappa shape index (κ1) is 22.3. The molecule has 4 rings (SSSR count). The molecule has 0 spiro atoms. The highest BCUT2D eigenvalue weighted by molar-refractivity contribution is 8.01. The number of thioether (sulfide) groups is 1. The highest BCUT2D eigenvalue weighted by Gasteiger charge is 2.23. The summed E-state index contributed by atoms with van der Waals surface area (Å²) < 4.78 is 11.6. The normalized spacial score (nSPS) is 13.7. The molecule has 0 aliphatic carbocycles. The summed E-state index contributed by atoms with van der Waals surface area (Å²) in [6, 6.07) is 12.2. The van der Waals surface area contributed by atoms with Gasteiger partial charge in [-0.15, -0.1) is 11.3 Å². The van der Waals surface area contributed by atoms with Gasteiger partial charge >= 0.3 is 5.97 Å². The molecular weight excluding hydrogens is 450 g/mol. The molecule has 1 N–H and O–H groups in total. The largest absolute Gasteiger partial charge is 0.468 e. The maximum atomic E-state index is 13.0. The van der Waals surface area contributed by atoms with E-state index in [1.807, 2.05) is 12.1 Å². The van der Waals surface area contributed by atoms with Crippen LogP contribution in [0.15, 0.2) is 46.8 Å². The van der Waals surface area contributed by atoms with Crippen molar-refractivity contribution in [3.63, 3.8) is 0 Å². The molecule has 1 saturated heterocycles. The number of esters is 1. The molecule has 2 aromatic carbocycles. The Bertz CT molecular complexity index is 1160. The Hall–Kier alpha value is -2.95. The standard InChI is InChI=1S/C22H21N3O5S2/c1-29-19(26)13-31-22-24-17-7-6-14(12-18(17)32-22)23-20(27)15-4-2-3-5-16(15)21(28)25-8-10-30-11-9-25/h2-7,12H,8-11,13H2,1H3,(H,23,27). The zero-order valence-electron chi connectivity index (χ0n) is 17.3. The third-order valence-electron chi connectivity index (χ3n) is 4.87. The number of fused-ring (bicyclic) bond motifs is 1. The van der Waals surface area contributed by atoms with Crippen LogP contribution in [0.3, 0.4) is 0 Å². The summed E-state index contributed by atoms with van der Waals surface area (Å²) in [5.41, 5.74) is 2.07. The fraction of sp³-hybridized carbons (Fsp3) is 0.273. The van der Waals surface area contributed by atoms with Gasteiger partial charge in [0.05, 0.1) is 47.4 Å². The number of anilines is 1. The van der Waals surface area contributed by atoms with Gasteiger partial charge in [0.1, 0.15) is 0 Å². The van der Waals surface area contributed by atoms with Crippen molar-refractivity contribution in [2.75, 3.05) is 44.5 Å². The molecule has 1 fully saturated rings. The lowest BCUT2D eigenvalue weighted by molar-refractivity contribution is -0.137. The Balaban J connectivity index is 1.50. The number of aromatic nitrogens is 1. The fourth-order valence-electron chi connectivity index (χ4n) is 3.23. The molecule has 0 bridgehead atoms. The lowest BCUT2D eigenvalue weighted by atomic mass is 10.0. The minimum absolute atomic E-state index is 0.177. The van der Waals surface area contributed by atoms with Crippen molar-refractivity contribution in [3.05, 3.63) is 53.6 Å². The van der Waals surface area contributed by atoms with Crippen molar-refractivity contribution >= 4 is 56.8 Å². The molecule has 166 valence electrons. The van der Waals surface area contributed by atoms with Crippen LogP contribution < -0.4 is 5.32 Å². The van der Waals surface area contributed by atoms with E-state index in [2.05, 4.69) is 15.0 Å². The van der Waals surface area contributed by atoms with Crippen molar-refractivity contribution in [2.45, 2.75) is 4.34 Å². The molecule has 0 saturated carbocycles. The maximum absolute atomic E-state index is 13.0. The molecule has 10 heteroatoms. The average Bonchev–Trinajstić information content (AvgIpc) is 3.24. The van der Waals surface area contributed by atoms with Gasteiger partial charge in [-0.25, -0.2) is 4.98 Å². The number of thiazole rings is 1. The lowest BCUT2D eigenvalue weighted by Crippen LogP contribution is -2.41. The first-order valence-electron chi connectivity index (χ1n) is 9.93. The van der Waals surface area contributed by atoms with Gasteiger partial charge < -0.3 is 19.7 Å². The minimum Gasteiger partial charge on any atom is -0.468 e. The van der Waals surface area contributed by atoms with E-state index >= 15 is 0 Å². The van der Waals surface area contributed by atoms with Gasteiger partial charge in [-0.2, -0.15) is 0 Å². The molecule has 1 aliphatic rings. The van der Waals surface area contributed by atoms with Crippen LogP contribution in [0.2, 0.25) is 0 Å². The highest BCUT2D eigenvalue weighted by Crippen LogP contribution is 2.31. The predicted molar refractivity (Wildman–Crippen MR) is 123 cm³/mol. The quantitative estimate of drug-likeness (QED) is 0.435. The van der Waals surface area contributed by atoms with Crippen molar-refractivity contribution in [3.8, 4) is 0 Å². The molecule has 0 atom stereocenters. The van der Waals surface area contributed by atoms with Crippen LogP contribution in [0.1, 0.15) is 20.7 Å². The number of ether oxygens (including phenoxy) is 2. The van der Waals surface area contributed by atoms with Gasteiger partial charge in [0.2, 0.25) is 0 Å². The second-order valence-corrected chi connectivity index (χ2v) is 9.18. The number of benzene rings is 2. The third kappa shape index (κ3) is 5.09. The number of methoxy groups -OCH3 is 1. The van der Waals surface area contributed by atoms with E-state index < -0.39 is 0 Å². The number of carbonyl (C=O) groups is 3. The zero-order chi connectivity index (χ0) is 22.5. The second-order valence-electron chi connectivity index (χ2n) is 6.93. The number of nitrogens with zero attached hydrogens (tertiary/aromatic N) is 2. The molecule has 0 radical (unpaired) electrons. The first-order chi connectivity index (χ1) is 15.5.